The van der Waals surface area contributed by atoms with Crippen LogP contribution in [-0.4, -0.2) is 6.61 Å². The summed E-state index contributed by atoms with van der Waals surface area (Å²) in [6.07, 6.45) is 1.65. The Morgan fingerprint density at radius 2 is 1.26 bits per heavy atom. The van der Waals surface area contributed by atoms with Gasteiger partial charge in [0.05, 0.1) is 6.61 Å². The zero-order valence-corrected chi connectivity index (χ0v) is 19.7. The number of hydrogen-bond donors (Lipinski definition) is 0. The molecule has 0 aliphatic rings. The molecule has 4 aromatic rings. The highest BCUT2D eigenvalue weighted by molar-refractivity contribution is 5.64. The molecule has 1 atom stereocenters. The lowest BCUT2D eigenvalue weighted by molar-refractivity contribution is 0.340. The van der Waals surface area contributed by atoms with Crippen molar-refractivity contribution in [2.75, 3.05) is 6.61 Å². The van der Waals surface area contributed by atoms with Crippen molar-refractivity contribution in [3.8, 4) is 16.9 Å². The summed E-state index contributed by atoms with van der Waals surface area (Å²) >= 11 is 0. The van der Waals surface area contributed by atoms with Gasteiger partial charge in [-0.15, -0.1) is 0 Å². The Morgan fingerprint density at radius 3 is 1.85 bits per heavy atom. The van der Waals surface area contributed by atoms with Gasteiger partial charge < -0.3 is 4.74 Å². The topological polar surface area (TPSA) is 9.23 Å². The first-order chi connectivity index (χ1) is 16.5. The van der Waals surface area contributed by atoms with Gasteiger partial charge in [0.25, 0.3) is 0 Å². The van der Waals surface area contributed by atoms with Crippen LogP contribution in [0.3, 0.4) is 0 Å². The fourth-order valence-corrected chi connectivity index (χ4v) is 4.26. The molecule has 4 aromatic carbocycles. The number of aryl methyl sites for hydroxylation is 2. The molecule has 0 saturated carbocycles. The third-order valence-electron chi connectivity index (χ3n) is 6.23. The highest BCUT2D eigenvalue weighted by Gasteiger charge is 2.16. The van der Waals surface area contributed by atoms with Gasteiger partial charge in [-0.2, -0.15) is 0 Å². The number of rotatable bonds is 9. The van der Waals surface area contributed by atoms with Crippen molar-refractivity contribution in [2.24, 2.45) is 0 Å². The second-order valence-electron chi connectivity index (χ2n) is 8.71. The molecule has 0 N–H and O–H groups in total. The van der Waals surface area contributed by atoms with Crippen LogP contribution < -0.4 is 4.74 Å². The van der Waals surface area contributed by atoms with Crippen molar-refractivity contribution >= 4 is 0 Å². The van der Waals surface area contributed by atoms with E-state index in [2.05, 4.69) is 24.3 Å². The maximum absolute atomic E-state index is 14.8. The minimum absolute atomic E-state index is 0.0462. The minimum atomic E-state index is -0.455. The summed E-state index contributed by atoms with van der Waals surface area (Å²) in [5.41, 5.74) is 5.32. The van der Waals surface area contributed by atoms with E-state index >= 15 is 0 Å². The van der Waals surface area contributed by atoms with E-state index < -0.39 is 11.6 Å². The predicted molar refractivity (Wildman–Crippen MR) is 135 cm³/mol. The van der Waals surface area contributed by atoms with E-state index in [-0.39, 0.29) is 11.5 Å². The Hall–Kier alpha value is -3.46. The Balaban J connectivity index is 1.38. The molecule has 4 rings (SSSR count). The molecule has 0 saturated heterocycles. The number of halogens is 2. The second-order valence-corrected chi connectivity index (χ2v) is 8.71. The summed E-state index contributed by atoms with van der Waals surface area (Å²) in [7, 11) is 0. The van der Waals surface area contributed by atoms with Gasteiger partial charge in [0.15, 0.2) is 0 Å². The van der Waals surface area contributed by atoms with Crippen LogP contribution >= 0.6 is 0 Å². The van der Waals surface area contributed by atoms with Gasteiger partial charge in [0, 0.05) is 5.56 Å². The number of ether oxygens (including phenoxy) is 1. The maximum atomic E-state index is 14.8. The van der Waals surface area contributed by atoms with Gasteiger partial charge >= 0.3 is 0 Å². The van der Waals surface area contributed by atoms with Crippen LogP contribution in [0.4, 0.5) is 8.78 Å². The molecular weight excluding hydrogens is 426 g/mol. The second kappa shape index (κ2) is 11.1. The van der Waals surface area contributed by atoms with Gasteiger partial charge in [0.1, 0.15) is 17.4 Å². The van der Waals surface area contributed by atoms with E-state index in [1.54, 1.807) is 0 Å². The van der Waals surface area contributed by atoms with Gasteiger partial charge in [-0.3, -0.25) is 0 Å². The molecule has 0 aromatic heterocycles. The summed E-state index contributed by atoms with van der Waals surface area (Å²) in [5, 5.41) is 0. The lowest BCUT2D eigenvalue weighted by Crippen LogP contribution is -2.05. The van der Waals surface area contributed by atoms with Crippen molar-refractivity contribution in [2.45, 2.75) is 39.0 Å². The van der Waals surface area contributed by atoms with Crippen molar-refractivity contribution in [3.63, 3.8) is 0 Å². The van der Waals surface area contributed by atoms with E-state index in [1.165, 1.54) is 12.1 Å². The van der Waals surface area contributed by atoms with Crippen molar-refractivity contribution in [1.29, 1.82) is 0 Å². The fraction of sp³-hybridized carbons (Fsp3) is 0.226. The van der Waals surface area contributed by atoms with Crippen LogP contribution in [0, 0.1) is 11.6 Å². The van der Waals surface area contributed by atoms with Crippen LogP contribution in [0.1, 0.15) is 42.0 Å². The smallest absolute Gasteiger partial charge is 0.129 e. The van der Waals surface area contributed by atoms with Crippen LogP contribution in [-0.2, 0) is 19.3 Å². The molecule has 3 heteroatoms. The van der Waals surface area contributed by atoms with Crippen LogP contribution in [0.25, 0.3) is 11.1 Å². The zero-order chi connectivity index (χ0) is 23.9. The molecule has 34 heavy (non-hydrogen) atoms. The number of benzene rings is 4. The lowest BCUT2D eigenvalue weighted by Gasteiger charge is -2.14. The standard InChI is InChI=1S/C31H30F2O/c1-3-34-28-17-15-27(16-18-28)26-13-11-23(12-14-26)9-10-24-20-30(32)29(31(33)21-24)19-22(2)25-7-5-4-6-8-25/h4-8,11-18,20-22H,3,9-10,19H2,1-2H3. The third kappa shape index (κ3) is 5.91. The van der Waals surface area contributed by atoms with E-state index in [1.807, 2.05) is 68.4 Å². The monoisotopic (exact) mass is 456 g/mol. The largest absolute Gasteiger partial charge is 0.494 e. The Kier molecular flexibility index (Phi) is 7.74. The van der Waals surface area contributed by atoms with E-state index in [0.29, 0.717) is 25.0 Å². The van der Waals surface area contributed by atoms with E-state index in [4.69, 9.17) is 4.74 Å². The summed E-state index contributed by atoms with van der Waals surface area (Å²) in [4.78, 5) is 0. The molecule has 0 spiro atoms. The summed E-state index contributed by atoms with van der Waals surface area (Å²) < 4.78 is 35.1. The van der Waals surface area contributed by atoms with E-state index in [0.717, 1.165) is 34.4 Å². The molecule has 0 fully saturated rings. The first-order valence-corrected chi connectivity index (χ1v) is 11.9. The molecular formula is C31H30F2O. The molecule has 0 heterocycles. The minimum Gasteiger partial charge on any atom is -0.494 e. The highest BCUT2D eigenvalue weighted by atomic mass is 19.1. The normalized spacial score (nSPS) is 11.9. The Morgan fingerprint density at radius 1 is 0.706 bits per heavy atom. The first kappa shape index (κ1) is 23.7. The summed E-state index contributed by atoms with van der Waals surface area (Å²) in [5.74, 6) is 0.0000666. The van der Waals surface area contributed by atoms with Crippen molar-refractivity contribution < 1.29 is 13.5 Å². The molecule has 174 valence electrons. The summed E-state index contributed by atoms with van der Waals surface area (Å²) in [6, 6.07) is 29.2. The van der Waals surface area contributed by atoms with Crippen LogP contribution in [0.5, 0.6) is 5.75 Å². The molecule has 1 unspecified atom stereocenters. The van der Waals surface area contributed by atoms with Crippen LogP contribution in [0.15, 0.2) is 91.0 Å². The maximum Gasteiger partial charge on any atom is 0.129 e. The van der Waals surface area contributed by atoms with Gasteiger partial charge in [-0.1, -0.05) is 73.7 Å². The fourth-order valence-electron chi connectivity index (χ4n) is 4.26. The van der Waals surface area contributed by atoms with Gasteiger partial charge in [0.2, 0.25) is 0 Å². The van der Waals surface area contributed by atoms with E-state index in [9.17, 15) is 8.78 Å². The van der Waals surface area contributed by atoms with Crippen LogP contribution in [0.2, 0.25) is 0 Å². The zero-order valence-electron chi connectivity index (χ0n) is 19.7. The summed E-state index contributed by atoms with van der Waals surface area (Å²) in [6.45, 7) is 4.62. The van der Waals surface area contributed by atoms with Gasteiger partial charge in [-0.05, 0) is 84.2 Å². The molecule has 0 amide bonds. The number of hydrogen-bond acceptors (Lipinski definition) is 1. The molecule has 1 nitrogen and oxygen atoms in total. The molecule has 0 radical (unpaired) electrons. The first-order valence-electron chi connectivity index (χ1n) is 11.9. The SMILES string of the molecule is CCOc1ccc(-c2ccc(CCc3cc(F)c(CC(C)c4ccccc4)c(F)c3)cc2)cc1. The van der Waals surface area contributed by atoms with Crippen molar-refractivity contribution in [3.05, 3.63) is 125 Å². The molecule has 0 bridgehead atoms. The Labute approximate surface area is 201 Å². The average Bonchev–Trinajstić information content (AvgIpc) is 2.86. The molecule has 0 aliphatic heterocycles. The predicted octanol–water partition coefficient (Wildman–Crippen LogP) is 8.16. The van der Waals surface area contributed by atoms with Gasteiger partial charge in [-0.25, -0.2) is 8.78 Å². The third-order valence-corrected chi connectivity index (χ3v) is 6.23. The lowest BCUT2D eigenvalue weighted by atomic mass is 9.92. The molecule has 0 aliphatic carbocycles. The highest BCUT2D eigenvalue weighted by Crippen LogP contribution is 2.26. The Bertz CT molecular complexity index is 1180. The quantitative estimate of drug-likeness (QED) is 0.247. The van der Waals surface area contributed by atoms with Crippen molar-refractivity contribution in [1.82, 2.24) is 0 Å². The average molecular weight is 457 g/mol.